The van der Waals surface area contributed by atoms with Crippen LogP contribution in [0.15, 0.2) is 0 Å². The van der Waals surface area contributed by atoms with Gasteiger partial charge in [-0.3, -0.25) is 0 Å². The SMILES string of the molecule is CC(C)(CNC(=O)NCC1(CCO)CCOC1)C1CCCCC1. The van der Waals surface area contributed by atoms with Crippen LogP contribution in [-0.4, -0.2) is 44.0 Å². The number of aliphatic hydroxyl groups excluding tert-OH is 1. The molecule has 1 saturated heterocycles. The van der Waals surface area contributed by atoms with E-state index in [1.165, 1.54) is 32.1 Å². The number of carbonyl (C=O) groups is 1. The van der Waals surface area contributed by atoms with Crippen molar-refractivity contribution in [3.63, 3.8) is 0 Å². The smallest absolute Gasteiger partial charge is 0.314 e. The molecule has 0 aromatic carbocycles. The van der Waals surface area contributed by atoms with Crippen molar-refractivity contribution in [1.82, 2.24) is 10.6 Å². The first-order valence-corrected chi connectivity index (χ1v) is 9.18. The third-order valence-electron chi connectivity index (χ3n) is 5.87. The second kappa shape index (κ2) is 8.34. The molecule has 1 saturated carbocycles. The highest BCUT2D eigenvalue weighted by atomic mass is 16.5. The lowest BCUT2D eigenvalue weighted by Gasteiger charge is -2.37. The van der Waals surface area contributed by atoms with Gasteiger partial charge in [-0.2, -0.15) is 0 Å². The first kappa shape index (κ1) is 18.5. The van der Waals surface area contributed by atoms with Gasteiger partial charge in [-0.25, -0.2) is 4.79 Å². The van der Waals surface area contributed by atoms with Gasteiger partial charge in [-0.05, 0) is 37.0 Å². The van der Waals surface area contributed by atoms with Gasteiger partial charge in [0.05, 0.1) is 6.61 Å². The highest BCUT2D eigenvalue weighted by Crippen LogP contribution is 2.37. The molecule has 2 rings (SSSR count). The fourth-order valence-electron chi connectivity index (χ4n) is 3.98. The maximum absolute atomic E-state index is 12.2. The van der Waals surface area contributed by atoms with Gasteiger partial charge in [0.25, 0.3) is 0 Å². The molecule has 1 atom stereocenters. The quantitative estimate of drug-likeness (QED) is 0.673. The van der Waals surface area contributed by atoms with Crippen LogP contribution in [0.1, 0.15) is 58.8 Å². The Hall–Kier alpha value is -0.810. The molecule has 23 heavy (non-hydrogen) atoms. The molecule has 5 heteroatoms. The normalized spacial score (nSPS) is 26.2. The first-order chi connectivity index (χ1) is 11.0. The molecular formula is C18H34N2O3. The number of amides is 2. The van der Waals surface area contributed by atoms with Gasteiger partial charge in [0.1, 0.15) is 0 Å². The van der Waals surface area contributed by atoms with E-state index in [0.29, 0.717) is 32.0 Å². The van der Waals surface area contributed by atoms with Crippen molar-refractivity contribution in [3.8, 4) is 0 Å². The Labute approximate surface area is 140 Å². The van der Waals surface area contributed by atoms with Crippen LogP contribution in [0, 0.1) is 16.7 Å². The third kappa shape index (κ3) is 5.35. The summed E-state index contributed by atoms with van der Waals surface area (Å²) < 4.78 is 5.46. The van der Waals surface area contributed by atoms with Crippen molar-refractivity contribution in [2.24, 2.45) is 16.7 Å². The van der Waals surface area contributed by atoms with Gasteiger partial charge in [0, 0.05) is 31.7 Å². The number of carbonyl (C=O) groups excluding carboxylic acids is 1. The fraction of sp³-hybridized carbons (Fsp3) is 0.944. The van der Waals surface area contributed by atoms with Crippen LogP contribution in [0.4, 0.5) is 4.79 Å². The number of nitrogens with one attached hydrogen (secondary N) is 2. The van der Waals surface area contributed by atoms with E-state index in [4.69, 9.17) is 4.74 Å². The largest absolute Gasteiger partial charge is 0.396 e. The van der Waals surface area contributed by atoms with Crippen LogP contribution in [0.5, 0.6) is 0 Å². The Morgan fingerprint density at radius 1 is 1.26 bits per heavy atom. The molecule has 3 N–H and O–H groups in total. The standard InChI is InChI=1S/C18H34N2O3/c1-17(2,15-6-4-3-5-7-15)12-19-16(22)20-13-18(8-10-21)9-11-23-14-18/h15,21H,3-14H2,1-2H3,(H2,19,20,22). The fourth-order valence-corrected chi connectivity index (χ4v) is 3.98. The maximum Gasteiger partial charge on any atom is 0.314 e. The molecule has 0 aromatic rings. The molecule has 0 aromatic heterocycles. The van der Waals surface area contributed by atoms with Crippen molar-refractivity contribution < 1.29 is 14.6 Å². The molecular weight excluding hydrogens is 292 g/mol. The molecule has 2 amide bonds. The van der Waals surface area contributed by atoms with Crippen molar-refractivity contribution in [3.05, 3.63) is 0 Å². The van der Waals surface area contributed by atoms with Gasteiger partial charge < -0.3 is 20.5 Å². The lowest BCUT2D eigenvalue weighted by Crippen LogP contribution is -2.47. The highest BCUT2D eigenvalue weighted by molar-refractivity contribution is 5.73. The summed E-state index contributed by atoms with van der Waals surface area (Å²) in [5.41, 5.74) is 0.0575. The van der Waals surface area contributed by atoms with Gasteiger partial charge in [0.15, 0.2) is 0 Å². The van der Waals surface area contributed by atoms with Crippen LogP contribution in [0.2, 0.25) is 0 Å². The summed E-state index contributed by atoms with van der Waals surface area (Å²) >= 11 is 0. The van der Waals surface area contributed by atoms with Crippen LogP contribution in [0.25, 0.3) is 0 Å². The van der Waals surface area contributed by atoms with E-state index in [1.807, 2.05) is 0 Å². The lowest BCUT2D eigenvalue weighted by atomic mass is 9.71. The van der Waals surface area contributed by atoms with E-state index in [2.05, 4.69) is 24.5 Å². The van der Waals surface area contributed by atoms with E-state index in [-0.39, 0.29) is 23.5 Å². The molecule has 2 fully saturated rings. The Balaban J connectivity index is 1.73. The van der Waals surface area contributed by atoms with Gasteiger partial charge >= 0.3 is 6.03 Å². The summed E-state index contributed by atoms with van der Waals surface area (Å²) in [5.74, 6) is 0.709. The number of ether oxygens (including phenoxy) is 1. The summed E-state index contributed by atoms with van der Waals surface area (Å²) in [5, 5.41) is 15.3. The summed E-state index contributed by atoms with van der Waals surface area (Å²) in [7, 11) is 0. The highest BCUT2D eigenvalue weighted by Gasteiger charge is 2.35. The molecule has 1 heterocycles. The summed E-state index contributed by atoms with van der Waals surface area (Å²) in [6.07, 6.45) is 8.16. The molecule has 1 aliphatic heterocycles. The monoisotopic (exact) mass is 326 g/mol. The van der Waals surface area contributed by atoms with Gasteiger partial charge in [-0.1, -0.05) is 33.1 Å². The van der Waals surface area contributed by atoms with Gasteiger partial charge in [0.2, 0.25) is 0 Å². The Morgan fingerprint density at radius 2 is 2.00 bits per heavy atom. The molecule has 5 nitrogen and oxygen atoms in total. The minimum Gasteiger partial charge on any atom is -0.396 e. The van der Waals surface area contributed by atoms with Crippen LogP contribution < -0.4 is 10.6 Å². The van der Waals surface area contributed by atoms with E-state index < -0.39 is 0 Å². The summed E-state index contributed by atoms with van der Waals surface area (Å²) in [4.78, 5) is 12.2. The zero-order valence-electron chi connectivity index (χ0n) is 14.8. The molecule has 134 valence electrons. The van der Waals surface area contributed by atoms with E-state index in [1.54, 1.807) is 0 Å². The maximum atomic E-state index is 12.2. The summed E-state index contributed by atoms with van der Waals surface area (Å²) in [6.45, 7) is 7.31. The van der Waals surface area contributed by atoms with Crippen LogP contribution in [0.3, 0.4) is 0 Å². The average molecular weight is 326 g/mol. The molecule has 1 aliphatic carbocycles. The van der Waals surface area contributed by atoms with Crippen molar-refractivity contribution in [1.29, 1.82) is 0 Å². The Morgan fingerprint density at radius 3 is 2.61 bits per heavy atom. The zero-order valence-corrected chi connectivity index (χ0v) is 14.8. The van der Waals surface area contributed by atoms with Crippen LogP contribution in [-0.2, 0) is 4.74 Å². The van der Waals surface area contributed by atoms with E-state index >= 15 is 0 Å². The predicted octanol–water partition coefficient (Wildman–Crippen LogP) is 2.68. The summed E-state index contributed by atoms with van der Waals surface area (Å²) in [6, 6.07) is -0.0990. The molecule has 2 aliphatic rings. The number of urea groups is 1. The minimum atomic E-state index is -0.0990. The molecule has 0 radical (unpaired) electrons. The topological polar surface area (TPSA) is 70.6 Å². The van der Waals surface area contributed by atoms with Crippen molar-refractivity contribution in [2.45, 2.75) is 58.8 Å². The van der Waals surface area contributed by atoms with E-state index in [9.17, 15) is 9.90 Å². The average Bonchev–Trinajstić information content (AvgIpc) is 3.01. The number of hydrogen-bond acceptors (Lipinski definition) is 3. The van der Waals surface area contributed by atoms with E-state index in [0.717, 1.165) is 13.0 Å². The number of aliphatic hydroxyl groups is 1. The Kier molecular flexibility index (Phi) is 6.72. The third-order valence-corrected chi connectivity index (χ3v) is 5.87. The van der Waals surface area contributed by atoms with Crippen molar-refractivity contribution >= 4 is 6.03 Å². The number of rotatable bonds is 7. The second-order valence-electron chi connectivity index (χ2n) is 8.14. The van der Waals surface area contributed by atoms with Crippen molar-refractivity contribution in [2.75, 3.05) is 32.9 Å². The molecule has 0 spiro atoms. The predicted molar refractivity (Wildman–Crippen MR) is 91.3 cm³/mol. The Bertz CT molecular complexity index is 372. The lowest BCUT2D eigenvalue weighted by molar-refractivity contribution is 0.124. The van der Waals surface area contributed by atoms with Gasteiger partial charge in [-0.15, -0.1) is 0 Å². The molecule has 0 bridgehead atoms. The first-order valence-electron chi connectivity index (χ1n) is 9.18. The zero-order chi connectivity index (χ0) is 16.8. The number of hydrogen-bond donors (Lipinski definition) is 3. The second-order valence-corrected chi connectivity index (χ2v) is 8.14. The minimum absolute atomic E-state index is 0.0923. The molecule has 1 unspecified atom stereocenters. The van der Waals surface area contributed by atoms with Crippen LogP contribution >= 0.6 is 0 Å².